The molecule has 0 bridgehead atoms. The van der Waals surface area contributed by atoms with Gasteiger partial charge in [-0.05, 0) is 38.3 Å². The second-order valence-corrected chi connectivity index (χ2v) is 7.33. The second-order valence-electron chi connectivity index (χ2n) is 7.33. The number of aryl methyl sites for hydroxylation is 1. The van der Waals surface area contributed by atoms with Gasteiger partial charge in [-0.15, -0.1) is 0 Å². The van der Waals surface area contributed by atoms with Gasteiger partial charge in [-0.1, -0.05) is 0 Å². The summed E-state index contributed by atoms with van der Waals surface area (Å²) in [4.78, 5) is 57.9. The molecule has 172 valence electrons. The molecule has 1 aromatic rings. The van der Waals surface area contributed by atoms with Gasteiger partial charge < -0.3 is 15.2 Å². The zero-order chi connectivity index (χ0) is 23.8. The molecule has 0 spiro atoms. The zero-order valence-corrected chi connectivity index (χ0v) is 17.8. The summed E-state index contributed by atoms with van der Waals surface area (Å²) in [5.41, 5.74) is 0.685. The molecule has 32 heavy (non-hydrogen) atoms. The number of nitrogens with zero attached hydrogens (tertiary/aromatic N) is 2. The number of ether oxygens (including phenoxy) is 1. The first-order valence-corrected chi connectivity index (χ1v) is 10.1. The number of benzene rings is 1. The fourth-order valence-electron chi connectivity index (χ4n) is 3.21. The smallest absolute Gasteiger partial charge is 0.303 e. The zero-order valence-electron chi connectivity index (χ0n) is 17.8. The highest BCUT2D eigenvalue weighted by molar-refractivity contribution is 6.12. The summed E-state index contributed by atoms with van der Waals surface area (Å²) in [7, 11) is 0. The molecule has 1 aliphatic heterocycles. The minimum absolute atomic E-state index is 0.0406. The highest BCUT2D eigenvalue weighted by atomic mass is 16.6. The van der Waals surface area contributed by atoms with Crippen LogP contribution in [0.1, 0.15) is 49.8 Å². The number of carboxylic acids is 1. The molecule has 11 nitrogen and oxygen atoms in total. The molecular weight excluding hydrogens is 422 g/mol. The molecule has 1 aliphatic rings. The van der Waals surface area contributed by atoms with Crippen molar-refractivity contribution in [1.29, 1.82) is 0 Å². The Hall–Kier alpha value is -3.76. The SMILES string of the molecule is Cc1cc(C(C)NC(=O)CCCN2C(=O)C=CC2=O)c([N+](=O)[O-])cc1OCCCC(=O)O. The molecule has 1 atom stereocenters. The lowest BCUT2D eigenvalue weighted by Crippen LogP contribution is -2.32. The van der Waals surface area contributed by atoms with Crippen molar-refractivity contribution in [3.8, 4) is 5.75 Å². The maximum atomic E-state index is 12.3. The summed E-state index contributed by atoms with van der Waals surface area (Å²) in [5, 5.41) is 22.9. The molecule has 1 aromatic carbocycles. The number of aliphatic carboxylic acids is 1. The fraction of sp³-hybridized carbons (Fsp3) is 0.429. The second kappa shape index (κ2) is 11.0. The third kappa shape index (κ3) is 6.62. The van der Waals surface area contributed by atoms with Gasteiger partial charge in [0.2, 0.25) is 5.91 Å². The molecule has 0 radical (unpaired) electrons. The van der Waals surface area contributed by atoms with Gasteiger partial charge in [0, 0.05) is 31.5 Å². The summed E-state index contributed by atoms with van der Waals surface area (Å²) >= 11 is 0. The van der Waals surface area contributed by atoms with Crippen LogP contribution < -0.4 is 10.1 Å². The summed E-state index contributed by atoms with van der Waals surface area (Å²) < 4.78 is 5.49. The molecular formula is C21H25N3O8. The number of hydrogen-bond donors (Lipinski definition) is 2. The molecule has 2 N–H and O–H groups in total. The number of carbonyl (C=O) groups excluding carboxylic acids is 3. The lowest BCUT2D eigenvalue weighted by Gasteiger charge is -2.18. The monoisotopic (exact) mass is 447 g/mol. The van der Waals surface area contributed by atoms with Crippen LogP contribution in [0.4, 0.5) is 5.69 Å². The first-order chi connectivity index (χ1) is 15.1. The number of nitrogens with one attached hydrogen (secondary N) is 1. The molecule has 11 heteroatoms. The average molecular weight is 447 g/mol. The van der Waals surface area contributed by atoms with E-state index in [1.807, 2.05) is 0 Å². The van der Waals surface area contributed by atoms with Crippen LogP contribution >= 0.6 is 0 Å². The summed E-state index contributed by atoms with van der Waals surface area (Å²) in [6.07, 6.45) is 2.85. The van der Waals surface area contributed by atoms with Crippen molar-refractivity contribution in [3.63, 3.8) is 0 Å². The van der Waals surface area contributed by atoms with E-state index in [4.69, 9.17) is 9.84 Å². The number of amides is 3. The molecule has 2 rings (SSSR count). The van der Waals surface area contributed by atoms with Crippen molar-refractivity contribution in [1.82, 2.24) is 10.2 Å². The Bertz CT molecular complexity index is 939. The van der Waals surface area contributed by atoms with Gasteiger partial charge in [0.25, 0.3) is 17.5 Å². The number of carboxylic acid groups (broad SMARTS) is 1. The van der Waals surface area contributed by atoms with Gasteiger partial charge in [-0.25, -0.2) is 0 Å². The van der Waals surface area contributed by atoms with Crippen LogP contribution in [0.15, 0.2) is 24.3 Å². The lowest BCUT2D eigenvalue weighted by molar-refractivity contribution is -0.385. The molecule has 0 aromatic heterocycles. The van der Waals surface area contributed by atoms with Crippen molar-refractivity contribution >= 4 is 29.4 Å². The van der Waals surface area contributed by atoms with E-state index in [9.17, 15) is 29.3 Å². The van der Waals surface area contributed by atoms with E-state index in [-0.39, 0.29) is 56.2 Å². The highest BCUT2D eigenvalue weighted by Gasteiger charge is 2.25. The predicted octanol–water partition coefficient (Wildman–Crippen LogP) is 2.03. The maximum absolute atomic E-state index is 12.3. The summed E-state index contributed by atoms with van der Waals surface area (Å²) in [6, 6.07) is 2.16. The van der Waals surface area contributed by atoms with Crippen molar-refractivity contribution in [3.05, 3.63) is 45.5 Å². The summed E-state index contributed by atoms with van der Waals surface area (Å²) in [6.45, 7) is 3.53. The molecule has 0 saturated heterocycles. The number of imide groups is 1. The van der Waals surface area contributed by atoms with Crippen molar-refractivity contribution in [2.45, 2.75) is 45.6 Å². The number of rotatable bonds is 12. The average Bonchev–Trinajstić information content (AvgIpc) is 3.03. The van der Waals surface area contributed by atoms with E-state index in [1.165, 1.54) is 18.2 Å². The minimum atomic E-state index is -0.952. The Balaban J connectivity index is 1.97. The van der Waals surface area contributed by atoms with Gasteiger partial charge in [0.05, 0.1) is 29.2 Å². The summed E-state index contributed by atoms with van der Waals surface area (Å²) in [5.74, 6) is -1.88. The molecule has 3 amide bonds. The number of carbonyl (C=O) groups is 4. The van der Waals surface area contributed by atoms with Crippen LogP contribution in [0.25, 0.3) is 0 Å². The van der Waals surface area contributed by atoms with Gasteiger partial charge >= 0.3 is 5.97 Å². The van der Waals surface area contributed by atoms with Crippen LogP contribution in [0.2, 0.25) is 0 Å². The topological polar surface area (TPSA) is 156 Å². The number of nitro groups is 1. The first-order valence-electron chi connectivity index (χ1n) is 10.1. The maximum Gasteiger partial charge on any atom is 0.303 e. The molecule has 0 saturated carbocycles. The Morgan fingerprint density at radius 1 is 1.19 bits per heavy atom. The van der Waals surface area contributed by atoms with Gasteiger partial charge in [-0.3, -0.25) is 34.2 Å². The Kier molecular flexibility index (Phi) is 8.45. The molecule has 0 aliphatic carbocycles. The largest absolute Gasteiger partial charge is 0.493 e. The normalized spacial score (nSPS) is 13.9. The van der Waals surface area contributed by atoms with Crippen LogP contribution in [-0.2, 0) is 19.2 Å². The van der Waals surface area contributed by atoms with E-state index < -0.39 is 28.7 Å². The molecule has 1 unspecified atom stereocenters. The minimum Gasteiger partial charge on any atom is -0.493 e. The van der Waals surface area contributed by atoms with E-state index in [1.54, 1.807) is 19.9 Å². The first kappa shape index (κ1) is 24.5. The van der Waals surface area contributed by atoms with Crippen molar-refractivity contribution < 1.29 is 33.9 Å². The lowest BCUT2D eigenvalue weighted by atomic mass is 10.0. The Labute approximate surface area is 184 Å². The standard InChI is InChI=1S/C21H25N3O8/c1-13-11-15(16(24(30)31)12-17(13)32-10-4-6-21(28)29)14(2)22-18(25)5-3-9-23-19(26)7-8-20(23)27/h7-8,11-12,14H,3-6,9-10H2,1-2H3,(H,22,25)(H,28,29). The fourth-order valence-corrected chi connectivity index (χ4v) is 3.21. The van der Waals surface area contributed by atoms with Crippen molar-refractivity contribution in [2.24, 2.45) is 0 Å². The van der Waals surface area contributed by atoms with Crippen LogP contribution in [0, 0.1) is 17.0 Å². The van der Waals surface area contributed by atoms with Gasteiger partial charge in [0.1, 0.15) is 5.75 Å². The van der Waals surface area contributed by atoms with E-state index in [2.05, 4.69) is 5.32 Å². The predicted molar refractivity (Wildman–Crippen MR) is 112 cm³/mol. The van der Waals surface area contributed by atoms with Crippen molar-refractivity contribution in [2.75, 3.05) is 13.2 Å². The van der Waals surface area contributed by atoms with Crippen LogP contribution in [0.3, 0.4) is 0 Å². The third-order valence-electron chi connectivity index (χ3n) is 4.84. The van der Waals surface area contributed by atoms with E-state index in [0.717, 1.165) is 4.90 Å². The van der Waals surface area contributed by atoms with Crippen LogP contribution in [-0.4, -0.2) is 51.8 Å². The highest BCUT2D eigenvalue weighted by Crippen LogP contribution is 2.32. The quantitative estimate of drug-likeness (QED) is 0.213. The number of nitro benzene ring substituents is 1. The third-order valence-corrected chi connectivity index (χ3v) is 4.84. The number of hydrogen-bond acceptors (Lipinski definition) is 7. The Morgan fingerprint density at radius 3 is 2.44 bits per heavy atom. The molecule has 0 fully saturated rings. The van der Waals surface area contributed by atoms with Gasteiger partial charge in [0.15, 0.2) is 0 Å². The van der Waals surface area contributed by atoms with Gasteiger partial charge in [-0.2, -0.15) is 0 Å². The van der Waals surface area contributed by atoms with Crippen LogP contribution in [0.5, 0.6) is 5.75 Å². The van der Waals surface area contributed by atoms with E-state index in [0.29, 0.717) is 11.1 Å². The van der Waals surface area contributed by atoms with E-state index >= 15 is 0 Å². The Morgan fingerprint density at radius 2 is 1.84 bits per heavy atom. The molecule has 1 heterocycles.